The summed E-state index contributed by atoms with van der Waals surface area (Å²) in [6, 6.07) is 9.37. The minimum absolute atomic E-state index is 0.00340. The van der Waals surface area contributed by atoms with Crippen molar-refractivity contribution in [2.24, 2.45) is 4.99 Å². The Labute approximate surface area is 391 Å². The minimum atomic E-state index is -1.10. The predicted molar refractivity (Wildman–Crippen MR) is 255 cm³/mol. The van der Waals surface area contributed by atoms with Gasteiger partial charge in [0.15, 0.2) is 0 Å². The Morgan fingerprint density at radius 1 is 1.16 bits per heavy atom. The summed E-state index contributed by atoms with van der Waals surface area (Å²) in [6.45, 7) is 10.2. The number of imide groups is 1. The fraction of sp³-hybridized carbons (Fsp3) is 0.340. The van der Waals surface area contributed by atoms with Gasteiger partial charge in [-0.05, 0) is 67.5 Å². The number of anilines is 2. The summed E-state index contributed by atoms with van der Waals surface area (Å²) in [4.78, 5) is 69.1. The van der Waals surface area contributed by atoms with Crippen LogP contribution >= 0.6 is 0 Å². The molecule has 5 heterocycles. The number of benzene rings is 3. The van der Waals surface area contributed by atoms with Crippen LogP contribution in [-0.2, 0) is 21.0 Å². The van der Waals surface area contributed by atoms with Gasteiger partial charge in [0.05, 0.1) is 52.4 Å². The number of hydrogen-bond donors (Lipinski definition) is 3. The average molecular weight is 927 g/mol. The fourth-order valence-corrected chi connectivity index (χ4v) is 9.50. The number of likely N-dealkylation sites (N-methyl/N-ethyl adjacent to an activating group) is 1. The van der Waals surface area contributed by atoms with E-state index in [9.17, 15) is 28.7 Å². The SMILES string of the molecule is C#Cc1c(F)ccc2cc(O)cc(C(=C)N=Cc3c(CF)nc(OCC45CCC(COCCNc6ccc7c(c6)C(=O)N(C(CCC=O)C(=O)NC)C7=O)N4CC(=C)C5)nc3N3CC=[N+]=CC3)c12. The summed E-state index contributed by atoms with van der Waals surface area (Å²) in [5, 5.41) is 17.1. The van der Waals surface area contributed by atoms with Crippen LogP contribution in [0, 0.1) is 18.2 Å². The molecule has 3 atom stereocenters. The number of rotatable bonds is 19. The first-order chi connectivity index (χ1) is 32.9. The lowest BCUT2D eigenvalue weighted by molar-refractivity contribution is -0.124. The van der Waals surface area contributed by atoms with E-state index in [1.807, 2.05) is 4.90 Å². The Morgan fingerprint density at radius 2 is 1.96 bits per heavy atom. The van der Waals surface area contributed by atoms with Crippen LogP contribution in [0.15, 0.2) is 66.2 Å². The van der Waals surface area contributed by atoms with Gasteiger partial charge < -0.3 is 34.9 Å². The van der Waals surface area contributed by atoms with Crippen molar-refractivity contribution in [1.82, 2.24) is 29.8 Å². The number of amides is 3. The maximum Gasteiger partial charge on any atom is 0.318 e. The van der Waals surface area contributed by atoms with Gasteiger partial charge in [0.1, 0.15) is 56.1 Å². The zero-order valence-electron chi connectivity index (χ0n) is 37.5. The third-order valence-corrected chi connectivity index (χ3v) is 12.7. The van der Waals surface area contributed by atoms with Crippen LogP contribution in [0.4, 0.5) is 20.3 Å². The smallest absolute Gasteiger partial charge is 0.318 e. The lowest BCUT2D eigenvalue weighted by Gasteiger charge is -2.34. The van der Waals surface area contributed by atoms with Gasteiger partial charge in [0.25, 0.3) is 24.2 Å². The first-order valence-corrected chi connectivity index (χ1v) is 22.2. The molecule has 3 aromatic carbocycles. The first-order valence-electron chi connectivity index (χ1n) is 22.2. The molecule has 3 amide bonds. The average Bonchev–Trinajstić information content (AvgIpc) is 3.94. The van der Waals surface area contributed by atoms with Gasteiger partial charge in [-0.15, -0.1) is 11.1 Å². The van der Waals surface area contributed by atoms with Crippen molar-refractivity contribution in [3.8, 4) is 24.1 Å². The molecule has 4 aromatic rings. The van der Waals surface area contributed by atoms with Crippen molar-refractivity contribution < 1.29 is 42.5 Å². The number of phenolic OH excluding ortho intramolecular Hbond substituents is 1. The monoisotopic (exact) mass is 926 g/mol. The molecule has 16 nitrogen and oxygen atoms in total. The summed E-state index contributed by atoms with van der Waals surface area (Å²) in [5.74, 6) is 0.334. The van der Waals surface area contributed by atoms with Crippen LogP contribution in [-0.4, -0.2) is 138 Å². The van der Waals surface area contributed by atoms with Crippen LogP contribution in [0.3, 0.4) is 0 Å². The van der Waals surface area contributed by atoms with Gasteiger partial charge >= 0.3 is 6.01 Å². The Hall–Kier alpha value is -7.58. The summed E-state index contributed by atoms with van der Waals surface area (Å²) < 4.78 is 46.6. The van der Waals surface area contributed by atoms with Gasteiger partial charge in [-0.2, -0.15) is 9.97 Å². The van der Waals surface area contributed by atoms with E-state index in [0.29, 0.717) is 79.9 Å². The van der Waals surface area contributed by atoms with Gasteiger partial charge in [-0.3, -0.25) is 29.2 Å². The standard InChI is InChI=1S/C50H49F2N9O7/c1-5-36-41(52)11-8-32-21-35(63)23-38(44(32)36)31(3)56-26-40-42(25-51)57-49(58-45(40)59-17-14-54-15-18-59)68-29-50-13-12-34(60(50)27-30(2)24-50)28-67-20-16-55-33-9-10-37-39(22-33)48(66)61(47(37)65)43(7-6-19-62)46(64)53-4/h1,8-11,14-15,19,21-23,26,34,43H,2-3,6-7,12-13,16-18,20,24-25,27-29H2,4H3,(H2-,53,55,63,64,65)/p+1. The molecule has 0 aliphatic carbocycles. The fourth-order valence-electron chi connectivity index (χ4n) is 9.50. The molecule has 0 radical (unpaired) electrons. The van der Waals surface area contributed by atoms with E-state index in [0.717, 1.165) is 23.3 Å². The third kappa shape index (κ3) is 9.23. The normalized spacial score (nSPS) is 19.1. The highest BCUT2D eigenvalue weighted by Crippen LogP contribution is 2.44. The second-order valence-corrected chi connectivity index (χ2v) is 17.0. The number of fused-ring (bicyclic) bond motifs is 3. The van der Waals surface area contributed by atoms with Crippen LogP contribution < -0.4 is 24.9 Å². The highest BCUT2D eigenvalue weighted by Gasteiger charge is 2.51. The summed E-state index contributed by atoms with van der Waals surface area (Å²) in [7, 11) is 1.41. The molecule has 350 valence electrons. The largest absolute Gasteiger partial charge is 0.508 e. The lowest BCUT2D eigenvalue weighted by Crippen LogP contribution is -2.48. The molecule has 4 aliphatic rings. The van der Waals surface area contributed by atoms with Crippen molar-refractivity contribution in [2.45, 2.75) is 56.4 Å². The number of ether oxygens (including phenoxy) is 2. The number of aromatic nitrogens is 2. The Morgan fingerprint density at radius 3 is 2.71 bits per heavy atom. The molecule has 4 aliphatic heterocycles. The van der Waals surface area contributed by atoms with E-state index in [4.69, 9.17) is 20.9 Å². The molecule has 8 rings (SSSR count). The number of aromatic hydroxyl groups is 1. The van der Waals surface area contributed by atoms with E-state index < -0.39 is 41.8 Å². The van der Waals surface area contributed by atoms with E-state index in [2.05, 4.69) is 49.3 Å². The number of aldehydes is 1. The lowest BCUT2D eigenvalue weighted by atomic mass is 9.94. The van der Waals surface area contributed by atoms with Crippen LogP contribution in [0.2, 0.25) is 0 Å². The van der Waals surface area contributed by atoms with Crippen LogP contribution in [0.25, 0.3) is 16.5 Å². The van der Waals surface area contributed by atoms with Crippen LogP contribution in [0.5, 0.6) is 11.8 Å². The Balaban J connectivity index is 0.921. The van der Waals surface area contributed by atoms with Crippen molar-refractivity contribution in [3.05, 3.63) is 101 Å². The molecule has 0 bridgehead atoms. The van der Waals surface area contributed by atoms with E-state index in [1.165, 1.54) is 37.5 Å². The number of halogens is 2. The van der Waals surface area contributed by atoms with Crippen molar-refractivity contribution in [3.63, 3.8) is 0 Å². The van der Waals surface area contributed by atoms with Gasteiger partial charge in [0.2, 0.25) is 5.91 Å². The van der Waals surface area contributed by atoms with Crippen molar-refractivity contribution in [2.75, 3.05) is 63.3 Å². The molecular weight excluding hydrogens is 877 g/mol. The highest BCUT2D eigenvalue weighted by molar-refractivity contribution is 6.23. The zero-order chi connectivity index (χ0) is 48.1. The first kappa shape index (κ1) is 46.9. The number of nitrogens with one attached hydrogen (secondary N) is 2. The molecule has 68 heavy (non-hydrogen) atoms. The molecule has 3 unspecified atom stereocenters. The number of aliphatic imine (C=N–C) groups is 1. The van der Waals surface area contributed by atoms with Crippen molar-refractivity contribution >= 4 is 70.6 Å². The molecule has 2 fully saturated rings. The van der Waals surface area contributed by atoms with E-state index >= 15 is 4.39 Å². The maximum absolute atomic E-state index is 15.0. The summed E-state index contributed by atoms with van der Waals surface area (Å²) in [5.41, 5.74) is 2.34. The molecule has 0 spiro atoms. The van der Waals surface area contributed by atoms with Gasteiger partial charge in [-0.1, -0.05) is 30.7 Å². The number of carbonyl (C=O) groups excluding carboxylic acids is 4. The van der Waals surface area contributed by atoms with Gasteiger partial charge in [-0.25, -0.2) is 8.78 Å². The zero-order valence-corrected chi connectivity index (χ0v) is 37.5. The number of alkyl halides is 1. The maximum atomic E-state index is 15.0. The molecule has 3 N–H and O–H groups in total. The number of nitrogens with zero attached hydrogens (tertiary/aromatic N) is 7. The summed E-state index contributed by atoms with van der Waals surface area (Å²) in [6.07, 6.45) is 13.5. The topological polar surface area (TPSA) is 193 Å². The number of phenols is 1. The van der Waals surface area contributed by atoms with Crippen LogP contribution in [0.1, 0.15) is 75.2 Å². The molecule has 18 heteroatoms. The number of hydrogen-bond acceptors (Lipinski definition) is 13. The number of carbonyl (C=O) groups is 4. The van der Waals surface area contributed by atoms with E-state index in [1.54, 1.807) is 30.6 Å². The molecular formula is C50H50F2N9O7+. The minimum Gasteiger partial charge on any atom is -0.508 e. The predicted octanol–water partition coefficient (Wildman–Crippen LogP) is 4.40. The van der Waals surface area contributed by atoms with Gasteiger partial charge in [0, 0.05) is 55.5 Å². The van der Waals surface area contributed by atoms with E-state index in [-0.39, 0.29) is 70.9 Å². The highest BCUT2D eigenvalue weighted by atomic mass is 19.1. The van der Waals surface area contributed by atoms with Crippen molar-refractivity contribution in [1.29, 1.82) is 0 Å². The number of terminal acetylenes is 1. The molecule has 1 aromatic heterocycles. The molecule has 0 saturated carbocycles. The third-order valence-electron chi connectivity index (χ3n) is 12.7. The summed E-state index contributed by atoms with van der Waals surface area (Å²) >= 11 is 0. The second kappa shape index (κ2) is 20.1. The Kier molecular flexibility index (Phi) is 13.9. The Bertz CT molecular complexity index is 2860. The molecule has 2 saturated heterocycles. The second-order valence-electron chi connectivity index (χ2n) is 17.0. The quantitative estimate of drug-likeness (QED) is 0.0229.